The highest BCUT2D eigenvalue weighted by Gasteiger charge is 2.19. The summed E-state index contributed by atoms with van der Waals surface area (Å²) in [6.07, 6.45) is 11.1. The van der Waals surface area contributed by atoms with Crippen molar-refractivity contribution < 1.29 is 0 Å². The number of H-pyrrole nitrogens is 1. The lowest BCUT2D eigenvalue weighted by Crippen LogP contribution is -2.31. The standard InChI is InChI=1S/C23H28N8/c1-3-17-9-21(29-22(10-24)28-17)20-13-26-23-19(20)8-15(11-25-23)16-12-27-31(14-16)18-4-6-30(2)7-5-18/h8-9,11-14,18H,3-7,10,24H2,1-2H3,(H,25,26). The minimum Gasteiger partial charge on any atom is -0.345 e. The van der Waals surface area contributed by atoms with E-state index in [0.717, 1.165) is 71.5 Å². The quantitative estimate of drug-likeness (QED) is 0.518. The maximum atomic E-state index is 5.82. The molecule has 4 aromatic heterocycles. The molecule has 0 bridgehead atoms. The Kier molecular flexibility index (Phi) is 5.25. The van der Waals surface area contributed by atoms with Crippen molar-refractivity contribution in [1.29, 1.82) is 0 Å². The van der Waals surface area contributed by atoms with E-state index in [9.17, 15) is 0 Å². The number of rotatable bonds is 5. The first-order valence-corrected chi connectivity index (χ1v) is 10.9. The highest BCUT2D eigenvalue weighted by Crippen LogP contribution is 2.31. The molecule has 5 rings (SSSR count). The predicted molar refractivity (Wildman–Crippen MR) is 121 cm³/mol. The van der Waals surface area contributed by atoms with Crippen LogP contribution < -0.4 is 5.73 Å². The van der Waals surface area contributed by atoms with Crippen molar-refractivity contribution in [2.75, 3.05) is 20.1 Å². The van der Waals surface area contributed by atoms with E-state index in [1.807, 2.05) is 24.7 Å². The lowest BCUT2D eigenvalue weighted by molar-refractivity contribution is 0.212. The van der Waals surface area contributed by atoms with Crippen LogP contribution in [0.15, 0.2) is 36.9 Å². The maximum Gasteiger partial charge on any atom is 0.142 e. The molecule has 31 heavy (non-hydrogen) atoms. The van der Waals surface area contributed by atoms with E-state index in [1.165, 1.54) is 0 Å². The summed E-state index contributed by atoms with van der Waals surface area (Å²) in [4.78, 5) is 19.5. The topological polar surface area (TPSA) is 102 Å². The van der Waals surface area contributed by atoms with Crippen LogP contribution in [-0.2, 0) is 13.0 Å². The lowest BCUT2D eigenvalue weighted by Gasteiger charge is -2.28. The first-order chi connectivity index (χ1) is 15.1. The van der Waals surface area contributed by atoms with Crippen molar-refractivity contribution in [3.8, 4) is 22.4 Å². The third-order valence-electron chi connectivity index (χ3n) is 6.17. The van der Waals surface area contributed by atoms with Gasteiger partial charge < -0.3 is 15.6 Å². The van der Waals surface area contributed by atoms with Crippen molar-refractivity contribution in [3.05, 3.63) is 48.4 Å². The van der Waals surface area contributed by atoms with Crippen LogP contribution in [0.25, 0.3) is 33.4 Å². The zero-order valence-corrected chi connectivity index (χ0v) is 18.0. The number of nitrogens with zero attached hydrogens (tertiary/aromatic N) is 6. The average molecular weight is 417 g/mol. The summed E-state index contributed by atoms with van der Waals surface area (Å²) >= 11 is 0. The Morgan fingerprint density at radius 1 is 1.13 bits per heavy atom. The highest BCUT2D eigenvalue weighted by atomic mass is 15.3. The van der Waals surface area contributed by atoms with Gasteiger partial charge in [0.15, 0.2) is 0 Å². The third kappa shape index (κ3) is 3.84. The Hall–Kier alpha value is -3.10. The second-order valence-electron chi connectivity index (χ2n) is 8.28. The second-order valence-corrected chi connectivity index (χ2v) is 8.28. The third-order valence-corrected chi connectivity index (χ3v) is 6.17. The van der Waals surface area contributed by atoms with Crippen LogP contribution in [0.3, 0.4) is 0 Å². The van der Waals surface area contributed by atoms with Crippen LogP contribution in [0.4, 0.5) is 0 Å². The van der Waals surface area contributed by atoms with Gasteiger partial charge >= 0.3 is 0 Å². The molecule has 0 aliphatic carbocycles. The molecule has 8 nitrogen and oxygen atoms in total. The number of piperidine rings is 1. The Morgan fingerprint density at radius 3 is 2.74 bits per heavy atom. The summed E-state index contributed by atoms with van der Waals surface area (Å²) in [5, 5.41) is 5.70. The van der Waals surface area contributed by atoms with Crippen LogP contribution in [0, 0.1) is 0 Å². The number of nitrogens with one attached hydrogen (secondary N) is 1. The number of likely N-dealkylation sites (tertiary alicyclic amines) is 1. The van der Waals surface area contributed by atoms with Crippen molar-refractivity contribution in [2.45, 2.75) is 38.8 Å². The first kappa shape index (κ1) is 19.8. The van der Waals surface area contributed by atoms with E-state index in [0.29, 0.717) is 18.4 Å². The van der Waals surface area contributed by atoms with Gasteiger partial charge in [0.2, 0.25) is 0 Å². The van der Waals surface area contributed by atoms with Crippen LogP contribution in [-0.4, -0.2) is 54.8 Å². The van der Waals surface area contributed by atoms with E-state index in [4.69, 9.17) is 5.73 Å². The van der Waals surface area contributed by atoms with Crippen LogP contribution >= 0.6 is 0 Å². The summed E-state index contributed by atoms with van der Waals surface area (Å²) in [5.41, 5.74) is 11.7. The molecule has 1 fully saturated rings. The highest BCUT2D eigenvalue weighted by molar-refractivity contribution is 5.94. The molecule has 0 spiro atoms. The molecule has 1 aliphatic heterocycles. The van der Waals surface area contributed by atoms with E-state index in [-0.39, 0.29) is 0 Å². The van der Waals surface area contributed by atoms with Gasteiger partial charge in [-0.05, 0) is 51.5 Å². The van der Waals surface area contributed by atoms with E-state index in [2.05, 4.69) is 60.9 Å². The molecular formula is C23H28N8. The Labute approximate surface area is 181 Å². The Balaban J connectivity index is 1.50. The zero-order valence-electron chi connectivity index (χ0n) is 18.0. The van der Waals surface area contributed by atoms with Crippen molar-refractivity contribution in [1.82, 2.24) is 34.6 Å². The number of aromatic amines is 1. The molecule has 0 radical (unpaired) electrons. The maximum absolute atomic E-state index is 5.82. The normalized spacial score (nSPS) is 15.7. The molecule has 5 heterocycles. The van der Waals surface area contributed by atoms with Crippen molar-refractivity contribution >= 4 is 11.0 Å². The predicted octanol–water partition coefficient (Wildman–Crippen LogP) is 3.17. The van der Waals surface area contributed by atoms with Gasteiger partial charge in [0, 0.05) is 46.4 Å². The van der Waals surface area contributed by atoms with Gasteiger partial charge in [-0.3, -0.25) is 4.68 Å². The molecule has 0 amide bonds. The number of pyridine rings is 1. The van der Waals surface area contributed by atoms with Gasteiger partial charge in [0.05, 0.1) is 24.5 Å². The summed E-state index contributed by atoms with van der Waals surface area (Å²) in [6, 6.07) is 4.67. The molecule has 8 heteroatoms. The van der Waals surface area contributed by atoms with Gasteiger partial charge in [-0.25, -0.2) is 15.0 Å². The number of hydrogen-bond acceptors (Lipinski definition) is 6. The molecule has 1 saturated heterocycles. The summed E-state index contributed by atoms with van der Waals surface area (Å²) in [6.45, 7) is 4.64. The monoisotopic (exact) mass is 416 g/mol. The molecule has 0 aromatic carbocycles. The van der Waals surface area contributed by atoms with Crippen molar-refractivity contribution in [2.24, 2.45) is 5.73 Å². The lowest BCUT2D eigenvalue weighted by atomic mass is 10.1. The van der Waals surface area contributed by atoms with Crippen LogP contribution in [0.2, 0.25) is 0 Å². The second kappa shape index (κ2) is 8.20. The molecular weight excluding hydrogens is 388 g/mol. The number of fused-ring (bicyclic) bond motifs is 1. The van der Waals surface area contributed by atoms with Gasteiger partial charge in [-0.1, -0.05) is 6.92 Å². The van der Waals surface area contributed by atoms with E-state index in [1.54, 1.807) is 0 Å². The molecule has 3 N–H and O–H groups in total. The Bertz CT molecular complexity index is 1180. The fraction of sp³-hybridized carbons (Fsp3) is 0.391. The first-order valence-electron chi connectivity index (χ1n) is 10.9. The molecule has 0 saturated carbocycles. The average Bonchev–Trinajstić information content (AvgIpc) is 3.46. The molecule has 4 aromatic rings. The van der Waals surface area contributed by atoms with E-state index < -0.39 is 0 Å². The zero-order chi connectivity index (χ0) is 21.4. The minimum atomic E-state index is 0.322. The summed E-state index contributed by atoms with van der Waals surface area (Å²) < 4.78 is 2.12. The molecule has 160 valence electrons. The Morgan fingerprint density at radius 2 is 1.97 bits per heavy atom. The smallest absolute Gasteiger partial charge is 0.142 e. The van der Waals surface area contributed by atoms with Crippen LogP contribution in [0.1, 0.15) is 37.3 Å². The summed E-state index contributed by atoms with van der Waals surface area (Å²) in [7, 11) is 2.18. The largest absolute Gasteiger partial charge is 0.345 e. The van der Waals surface area contributed by atoms with Gasteiger partial charge in [-0.15, -0.1) is 0 Å². The number of aryl methyl sites for hydroxylation is 1. The SMILES string of the molecule is CCc1cc(-c2c[nH]c3ncc(-c4cnn(C5CCN(C)CC5)c4)cc23)nc(CN)n1. The molecule has 0 atom stereocenters. The van der Waals surface area contributed by atoms with Gasteiger partial charge in [0.25, 0.3) is 0 Å². The van der Waals surface area contributed by atoms with Crippen LogP contribution in [0.5, 0.6) is 0 Å². The fourth-order valence-corrected chi connectivity index (χ4v) is 4.28. The van der Waals surface area contributed by atoms with Gasteiger partial charge in [0.1, 0.15) is 11.5 Å². The van der Waals surface area contributed by atoms with E-state index >= 15 is 0 Å². The number of aromatic nitrogens is 6. The molecule has 0 unspecified atom stereocenters. The van der Waals surface area contributed by atoms with Crippen molar-refractivity contribution in [3.63, 3.8) is 0 Å². The fourth-order valence-electron chi connectivity index (χ4n) is 4.28. The number of nitrogens with two attached hydrogens (primary N) is 1. The minimum absolute atomic E-state index is 0.322. The summed E-state index contributed by atoms with van der Waals surface area (Å²) in [5.74, 6) is 0.659. The molecule has 1 aliphatic rings. The number of hydrogen-bond donors (Lipinski definition) is 2. The van der Waals surface area contributed by atoms with Gasteiger partial charge in [-0.2, -0.15) is 5.10 Å².